The third-order valence-corrected chi connectivity index (χ3v) is 2.67. The van der Waals surface area contributed by atoms with Crippen LogP contribution >= 0.6 is 0 Å². The van der Waals surface area contributed by atoms with E-state index in [0.717, 1.165) is 0 Å². The molecule has 0 aromatic rings. The molecule has 5 nitrogen and oxygen atoms in total. The van der Waals surface area contributed by atoms with Gasteiger partial charge in [0.25, 0.3) is 5.91 Å². The number of aliphatic carboxylic acids is 1. The lowest BCUT2D eigenvalue weighted by Crippen LogP contribution is -2.44. The van der Waals surface area contributed by atoms with Crippen molar-refractivity contribution in [3.63, 3.8) is 0 Å². The molecule has 0 spiro atoms. The van der Waals surface area contributed by atoms with E-state index in [1.54, 1.807) is 27.7 Å². The van der Waals surface area contributed by atoms with Gasteiger partial charge in [0.15, 0.2) is 0 Å². The Labute approximate surface area is 96.2 Å². The Morgan fingerprint density at radius 1 is 1.25 bits per heavy atom. The molecule has 16 heavy (non-hydrogen) atoms. The second-order valence-electron chi connectivity index (χ2n) is 4.91. The lowest BCUT2D eigenvalue weighted by atomic mass is 9.89. The first-order valence-corrected chi connectivity index (χ1v) is 5.20. The van der Waals surface area contributed by atoms with E-state index >= 15 is 0 Å². The number of nitrogens with one attached hydrogen (secondary N) is 1. The fraction of sp³-hybridized carbons (Fsp3) is 0.818. The van der Waals surface area contributed by atoms with Gasteiger partial charge < -0.3 is 15.2 Å². The summed E-state index contributed by atoms with van der Waals surface area (Å²) in [6, 6.07) is 0. The lowest BCUT2D eigenvalue weighted by Gasteiger charge is -2.24. The van der Waals surface area contributed by atoms with Crippen LogP contribution in [0, 0.1) is 5.41 Å². The van der Waals surface area contributed by atoms with Crippen LogP contribution in [0.15, 0.2) is 0 Å². The summed E-state index contributed by atoms with van der Waals surface area (Å²) >= 11 is 0. The molecule has 0 rings (SSSR count). The Kier molecular flexibility index (Phi) is 4.93. The summed E-state index contributed by atoms with van der Waals surface area (Å²) in [4.78, 5) is 22.4. The van der Waals surface area contributed by atoms with Crippen molar-refractivity contribution in [3.05, 3.63) is 0 Å². The quantitative estimate of drug-likeness (QED) is 0.716. The van der Waals surface area contributed by atoms with Crippen LogP contribution in [0.3, 0.4) is 0 Å². The normalized spacial score (nSPS) is 12.3. The van der Waals surface area contributed by atoms with Gasteiger partial charge in [-0.2, -0.15) is 0 Å². The molecule has 0 saturated heterocycles. The van der Waals surface area contributed by atoms with Gasteiger partial charge in [-0.1, -0.05) is 0 Å². The number of rotatable bonds is 6. The highest BCUT2D eigenvalue weighted by Crippen LogP contribution is 2.19. The summed E-state index contributed by atoms with van der Waals surface area (Å²) in [6.45, 7) is 6.90. The van der Waals surface area contributed by atoms with Crippen molar-refractivity contribution >= 4 is 11.9 Å². The Morgan fingerprint density at radius 2 is 1.75 bits per heavy atom. The van der Waals surface area contributed by atoms with Crippen molar-refractivity contribution in [2.45, 2.75) is 39.7 Å². The van der Waals surface area contributed by atoms with E-state index in [1.807, 2.05) is 0 Å². The minimum Gasteiger partial charge on any atom is -0.481 e. The lowest BCUT2D eigenvalue weighted by molar-refractivity contribution is -0.148. The second-order valence-corrected chi connectivity index (χ2v) is 4.91. The summed E-state index contributed by atoms with van der Waals surface area (Å²) < 4.78 is 5.00. The van der Waals surface area contributed by atoms with Gasteiger partial charge >= 0.3 is 5.97 Å². The minimum absolute atomic E-state index is 0.240. The van der Waals surface area contributed by atoms with Crippen LogP contribution in [0.5, 0.6) is 0 Å². The molecule has 0 radical (unpaired) electrons. The predicted molar refractivity (Wildman–Crippen MR) is 60.1 cm³/mol. The van der Waals surface area contributed by atoms with E-state index in [0.29, 0.717) is 13.0 Å². The molecule has 0 saturated carbocycles. The highest BCUT2D eigenvalue weighted by molar-refractivity contribution is 5.84. The molecule has 94 valence electrons. The number of carboxylic acid groups (broad SMARTS) is 1. The van der Waals surface area contributed by atoms with Crippen LogP contribution in [-0.4, -0.2) is 36.2 Å². The molecule has 0 aliphatic carbocycles. The van der Waals surface area contributed by atoms with Crippen LogP contribution in [-0.2, 0) is 14.3 Å². The average molecular weight is 231 g/mol. The zero-order chi connectivity index (χ0) is 13.0. The Hall–Kier alpha value is -1.10. The molecule has 2 N–H and O–H groups in total. The number of carbonyl (C=O) groups is 2. The van der Waals surface area contributed by atoms with E-state index in [1.165, 1.54) is 7.11 Å². The zero-order valence-electron chi connectivity index (χ0n) is 10.6. The molecule has 0 aromatic carbocycles. The standard InChI is InChI=1S/C11H21NO4/c1-10(2,9(14)15)6-7-12-8(13)11(3,4)16-5/h6-7H2,1-5H3,(H,12,13)(H,14,15). The van der Waals surface area contributed by atoms with Gasteiger partial charge in [-0.25, -0.2) is 0 Å². The van der Waals surface area contributed by atoms with Gasteiger partial charge in [0.2, 0.25) is 0 Å². The molecule has 0 fully saturated rings. The van der Waals surface area contributed by atoms with Crippen LogP contribution < -0.4 is 5.32 Å². The van der Waals surface area contributed by atoms with Gasteiger partial charge in [-0.15, -0.1) is 0 Å². The first-order valence-electron chi connectivity index (χ1n) is 5.20. The number of carboxylic acids is 1. The summed E-state index contributed by atoms with van der Waals surface area (Å²) in [5.74, 6) is -1.11. The van der Waals surface area contributed by atoms with E-state index in [9.17, 15) is 9.59 Å². The number of amides is 1. The Morgan fingerprint density at radius 3 is 2.12 bits per heavy atom. The fourth-order valence-corrected chi connectivity index (χ4v) is 0.901. The van der Waals surface area contributed by atoms with Gasteiger partial charge in [-0.3, -0.25) is 9.59 Å². The van der Waals surface area contributed by atoms with Crippen molar-refractivity contribution in [2.75, 3.05) is 13.7 Å². The number of methoxy groups -OCH3 is 1. The number of ether oxygens (including phenoxy) is 1. The maximum absolute atomic E-state index is 11.6. The van der Waals surface area contributed by atoms with E-state index in [-0.39, 0.29) is 5.91 Å². The topological polar surface area (TPSA) is 75.6 Å². The molecule has 0 unspecified atom stereocenters. The minimum atomic E-state index is -0.882. The van der Waals surface area contributed by atoms with Crippen molar-refractivity contribution in [1.82, 2.24) is 5.32 Å². The smallest absolute Gasteiger partial charge is 0.309 e. The summed E-state index contributed by atoms with van der Waals surface area (Å²) in [6.07, 6.45) is 0.383. The average Bonchev–Trinajstić information content (AvgIpc) is 2.17. The van der Waals surface area contributed by atoms with Crippen LogP contribution in [0.4, 0.5) is 0 Å². The number of hydrogen-bond acceptors (Lipinski definition) is 3. The van der Waals surface area contributed by atoms with E-state index in [4.69, 9.17) is 9.84 Å². The van der Waals surface area contributed by atoms with E-state index < -0.39 is 17.0 Å². The monoisotopic (exact) mass is 231 g/mol. The molecule has 0 aliphatic rings. The molecule has 0 atom stereocenters. The van der Waals surface area contributed by atoms with Gasteiger partial charge in [0.1, 0.15) is 5.60 Å². The molecule has 0 bridgehead atoms. The maximum Gasteiger partial charge on any atom is 0.309 e. The molecular formula is C11H21NO4. The van der Waals surface area contributed by atoms with Crippen molar-refractivity contribution in [2.24, 2.45) is 5.41 Å². The van der Waals surface area contributed by atoms with Gasteiger partial charge in [0.05, 0.1) is 5.41 Å². The summed E-state index contributed by atoms with van der Waals surface area (Å²) in [5.41, 5.74) is -1.71. The van der Waals surface area contributed by atoms with E-state index in [2.05, 4.69) is 5.32 Å². The van der Waals surface area contributed by atoms with Gasteiger partial charge in [0, 0.05) is 13.7 Å². The Bertz CT molecular complexity index is 271. The van der Waals surface area contributed by atoms with Crippen LogP contribution in [0.1, 0.15) is 34.1 Å². The summed E-state index contributed by atoms with van der Waals surface area (Å²) in [7, 11) is 1.46. The largest absolute Gasteiger partial charge is 0.481 e. The third kappa shape index (κ3) is 4.18. The highest BCUT2D eigenvalue weighted by atomic mass is 16.5. The van der Waals surface area contributed by atoms with Crippen molar-refractivity contribution in [3.8, 4) is 0 Å². The van der Waals surface area contributed by atoms with Crippen molar-refractivity contribution < 1.29 is 19.4 Å². The molecule has 0 aliphatic heterocycles. The van der Waals surface area contributed by atoms with Crippen LogP contribution in [0.25, 0.3) is 0 Å². The Balaban J connectivity index is 4.10. The molecular weight excluding hydrogens is 210 g/mol. The van der Waals surface area contributed by atoms with Crippen LogP contribution in [0.2, 0.25) is 0 Å². The first-order chi connectivity index (χ1) is 7.13. The van der Waals surface area contributed by atoms with Gasteiger partial charge in [-0.05, 0) is 34.1 Å². The zero-order valence-corrected chi connectivity index (χ0v) is 10.6. The highest BCUT2D eigenvalue weighted by Gasteiger charge is 2.29. The first kappa shape index (κ1) is 14.9. The predicted octanol–water partition coefficient (Wildman–Crippen LogP) is 1.03. The maximum atomic E-state index is 11.6. The molecule has 5 heteroatoms. The fourth-order valence-electron chi connectivity index (χ4n) is 0.901. The molecule has 0 heterocycles. The summed E-state index contributed by atoms with van der Waals surface area (Å²) in [5, 5.41) is 11.5. The second kappa shape index (κ2) is 5.30. The van der Waals surface area contributed by atoms with Crippen molar-refractivity contribution in [1.29, 1.82) is 0 Å². The number of hydrogen-bond donors (Lipinski definition) is 2. The molecule has 1 amide bonds. The third-order valence-electron chi connectivity index (χ3n) is 2.67. The molecule has 0 aromatic heterocycles. The SMILES string of the molecule is COC(C)(C)C(=O)NCCC(C)(C)C(=O)O. The number of carbonyl (C=O) groups excluding carboxylic acids is 1.